The molecule has 3 nitrogen and oxygen atoms in total. The van der Waals surface area contributed by atoms with Gasteiger partial charge in [0.25, 0.3) is 0 Å². The molecule has 72 valence electrons. The zero-order valence-electron chi connectivity index (χ0n) is 7.75. The fourth-order valence-electron chi connectivity index (χ4n) is 1.56. The van der Waals surface area contributed by atoms with E-state index in [0.717, 1.165) is 31.8 Å². The predicted molar refractivity (Wildman–Crippen MR) is 53.3 cm³/mol. The quantitative estimate of drug-likeness (QED) is 0.785. The summed E-state index contributed by atoms with van der Waals surface area (Å²) in [5, 5.41) is 5.27. The van der Waals surface area contributed by atoms with Gasteiger partial charge in [-0.15, -0.1) is 11.3 Å². The highest BCUT2D eigenvalue weighted by Gasteiger charge is 2.29. The molecule has 1 aliphatic heterocycles. The maximum Gasteiger partial charge on any atom is 0.224 e. The van der Waals surface area contributed by atoms with Gasteiger partial charge in [0.15, 0.2) is 0 Å². The van der Waals surface area contributed by atoms with E-state index < -0.39 is 0 Å². The van der Waals surface area contributed by atoms with E-state index in [1.54, 1.807) is 16.8 Å². The second-order valence-electron chi connectivity index (χ2n) is 3.63. The van der Waals surface area contributed by atoms with Crippen molar-refractivity contribution in [2.75, 3.05) is 13.1 Å². The van der Waals surface area contributed by atoms with Crippen LogP contribution in [0.3, 0.4) is 0 Å². The van der Waals surface area contributed by atoms with E-state index in [1.165, 1.54) is 0 Å². The lowest BCUT2D eigenvalue weighted by atomic mass is 9.95. The number of nitrogens with zero attached hydrogens (tertiary/aromatic N) is 1. The lowest BCUT2D eigenvalue weighted by Gasteiger charge is -2.33. The Hall–Kier alpha value is -0.610. The van der Waals surface area contributed by atoms with Gasteiger partial charge >= 0.3 is 0 Å². The van der Waals surface area contributed by atoms with E-state index >= 15 is 0 Å². The summed E-state index contributed by atoms with van der Waals surface area (Å²) in [4.78, 5) is 4.13. The smallest absolute Gasteiger partial charge is 0.224 e. The summed E-state index contributed by atoms with van der Waals surface area (Å²) in [6.45, 7) is 4.24. The van der Waals surface area contributed by atoms with Gasteiger partial charge in [-0.3, -0.25) is 0 Å². The van der Waals surface area contributed by atoms with Crippen molar-refractivity contribution in [3.05, 3.63) is 10.9 Å². The first-order valence-electron chi connectivity index (χ1n) is 4.56. The molecule has 0 atom stereocenters. The third kappa shape index (κ3) is 2.19. The Labute approximate surface area is 82.1 Å². The van der Waals surface area contributed by atoms with E-state index in [1.807, 2.05) is 5.38 Å². The van der Waals surface area contributed by atoms with Gasteiger partial charge in [0, 0.05) is 0 Å². The van der Waals surface area contributed by atoms with Crippen molar-refractivity contribution in [3.63, 3.8) is 0 Å². The van der Waals surface area contributed by atoms with Gasteiger partial charge in [0.05, 0.1) is 10.9 Å². The summed E-state index contributed by atoms with van der Waals surface area (Å²) in [6.07, 6.45) is 2.12. The first-order chi connectivity index (χ1) is 6.29. The van der Waals surface area contributed by atoms with E-state index in [0.29, 0.717) is 0 Å². The van der Waals surface area contributed by atoms with E-state index in [-0.39, 0.29) is 5.60 Å². The van der Waals surface area contributed by atoms with Crippen LogP contribution in [0.4, 0.5) is 0 Å². The molecule has 1 aromatic rings. The summed E-state index contributed by atoms with van der Waals surface area (Å²) in [5.74, 6) is 0.773. The van der Waals surface area contributed by atoms with Crippen LogP contribution in [0.5, 0.6) is 5.88 Å². The van der Waals surface area contributed by atoms with Crippen LogP contribution >= 0.6 is 11.3 Å². The number of thiazole rings is 1. The molecule has 0 spiro atoms. The molecule has 0 amide bonds. The number of hydrogen-bond acceptors (Lipinski definition) is 4. The molecule has 1 fully saturated rings. The van der Waals surface area contributed by atoms with Crippen LogP contribution in [0.15, 0.2) is 10.9 Å². The Bertz CT molecular complexity index is 255. The van der Waals surface area contributed by atoms with Crippen LogP contribution in [-0.2, 0) is 0 Å². The fourth-order valence-corrected chi connectivity index (χ4v) is 2.01. The predicted octanol–water partition coefficient (Wildman–Crippen LogP) is 1.66. The van der Waals surface area contributed by atoms with Crippen molar-refractivity contribution >= 4 is 11.3 Å². The second-order valence-corrected chi connectivity index (χ2v) is 4.35. The third-order valence-electron chi connectivity index (χ3n) is 2.42. The highest BCUT2D eigenvalue weighted by Crippen LogP contribution is 2.25. The van der Waals surface area contributed by atoms with Gasteiger partial charge in [-0.25, -0.2) is 4.98 Å². The van der Waals surface area contributed by atoms with Crippen molar-refractivity contribution in [1.82, 2.24) is 10.3 Å². The van der Waals surface area contributed by atoms with Crippen molar-refractivity contribution < 1.29 is 4.74 Å². The zero-order valence-corrected chi connectivity index (χ0v) is 8.56. The summed E-state index contributed by atoms with van der Waals surface area (Å²) in [5.41, 5.74) is 1.79. The van der Waals surface area contributed by atoms with Gasteiger partial charge < -0.3 is 10.1 Å². The van der Waals surface area contributed by atoms with Crippen molar-refractivity contribution in [1.29, 1.82) is 0 Å². The Balaban J connectivity index is 1.99. The van der Waals surface area contributed by atoms with Crippen molar-refractivity contribution in [2.45, 2.75) is 25.4 Å². The molecule has 0 radical (unpaired) electrons. The Morgan fingerprint density at radius 1 is 1.54 bits per heavy atom. The highest BCUT2D eigenvalue weighted by molar-refractivity contribution is 7.07. The molecule has 0 saturated carbocycles. The van der Waals surface area contributed by atoms with Gasteiger partial charge in [-0.1, -0.05) is 0 Å². The normalized spacial score (nSPS) is 21.3. The number of rotatable bonds is 2. The van der Waals surface area contributed by atoms with Crippen LogP contribution in [0.25, 0.3) is 0 Å². The molecule has 1 N–H and O–H groups in total. The standard InChI is InChI=1S/C9H14N2OS/c1-9(2-4-10-5-3-9)12-8-6-13-7-11-8/h6-7,10H,2-5H2,1H3. The first-order valence-corrected chi connectivity index (χ1v) is 5.51. The SMILES string of the molecule is CC1(Oc2cscn2)CCNCC1. The zero-order chi connectivity index (χ0) is 9.15. The lowest BCUT2D eigenvalue weighted by molar-refractivity contribution is 0.0515. The Kier molecular flexibility index (Phi) is 2.51. The molecule has 4 heteroatoms. The molecule has 0 aromatic carbocycles. The minimum absolute atomic E-state index is 0.0146. The molecular weight excluding hydrogens is 184 g/mol. The van der Waals surface area contributed by atoms with Crippen LogP contribution in [0.2, 0.25) is 0 Å². The number of hydrogen-bond donors (Lipinski definition) is 1. The average Bonchev–Trinajstić information content (AvgIpc) is 2.57. The van der Waals surface area contributed by atoms with Gasteiger partial charge in [-0.05, 0) is 32.9 Å². The highest BCUT2D eigenvalue weighted by atomic mass is 32.1. The fraction of sp³-hybridized carbons (Fsp3) is 0.667. The minimum atomic E-state index is -0.0146. The monoisotopic (exact) mass is 198 g/mol. The van der Waals surface area contributed by atoms with Crippen LogP contribution < -0.4 is 10.1 Å². The summed E-state index contributed by atoms with van der Waals surface area (Å²) in [7, 11) is 0. The third-order valence-corrected chi connectivity index (χ3v) is 2.99. The molecule has 0 bridgehead atoms. The maximum absolute atomic E-state index is 5.84. The van der Waals surface area contributed by atoms with E-state index in [4.69, 9.17) is 4.74 Å². The molecule has 0 aliphatic carbocycles. The van der Waals surface area contributed by atoms with Gasteiger partial charge in [-0.2, -0.15) is 0 Å². The minimum Gasteiger partial charge on any atom is -0.471 e. The van der Waals surface area contributed by atoms with Crippen molar-refractivity contribution in [2.24, 2.45) is 0 Å². The number of nitrogens with one attached hydrogen (secondary N) is 1. The molecule has 0 unspecified atom stereocenters. The van der Waals surface area contributed by atoms with E-state index in [9.17, 15) is 0 Å². The molecule has 1 aromatic heterocycles. The molecule has 2 heterocycles. The van der Waals surface area contributed by atoms with Crippen LogP contribution in [-0.4, -0.2) is 23.7 Å². The van der Waals surface area contributed by atoms with Gasteiger partial charge in [0.1, 0.15) is 5.60 Å². The molecule has 1 aliphatic rings. The summed E-state index contributed by atoms with van der Waals surface area (Å²) < 4.78 is 5.84. The number of aromatic nitrogens is 1. The van der Waals surface area contributed by atoms with Crippen LogP contribution in [0, 0.1) is 0 Å². The van der Waals surface area contributed by atoms with Crippen LogP contribution in [0.1, 0.15) is 19.8 Å². The topological polar surface area (TPSA) is 34.1 Å². The summed E-state index contributed by atoms with van der Waals surface area (Å²) in [6, 6.07) is 0. The first kappa shape index (κ1) is 8.97. The van der Waals surface area contributed by atoms with Crippen molar-refractivity contribution in [3.8, 4) is 5.88 Å². The molecule has 2 rings (SSSR count). The van der Waals surface area contributed by atoms with E-state index in [2.05, 4.69) is 17.2 Å². The molecule has 1 saturated heterocycles. The number of piperidine rings is 1. The Morgan fingerprint density at radius 3 is 2.92 bits per heavy atom. The Morgan fingerprint density at radius 2 is 2.31 bits per heavy atom. The number of ether oxygens (including phenoxy) is 1. The second kappa shape index (κ2) is 3.64. The lowest BCUT2D eigenvalue weighted by Crippen LogP contribution is -2.43. The maximum atomic E-state index is 5.84. The molecular formula is C9H14N2OS. The van der Waals surface area contributed by atoms with Gasteiger partial charge in [0.2, 0.25) is 5.88 Å². The largest absolute Gasteiger partial charge is 0.471 e. The average molecular weight is 198 g/mol. The summed E-state index contributed by atoms with van der Waals surface area (Å²) >= 11 is 1.58. The molecule has 13 heavy (non-hydrogen) atoms.